The van der Waals surface area contributed by atoms with Crippen LogP contribution in [0.1, 0.15) is 70.3 Å². The largest absolute Gasteiger partial charge is 0.494 e. The molecule has 1 amide bonds. The zero-order valence-electron chi connectivity index (χ0n) is 20.9. The van der Waals surface area contributed by atoms with Gasteiger partial charge in [0.05, 0.1) is 18.7 Å². The molecule has 0 aliphatic heterocycles. The predicted molar refractivity (Wildman–Crippen MR) is 134 cm³/mol. The van der Waals surface area contributed by atoms with Crippen LogP contribution in [-0.4, -0.2) is 45.1 Å². The van der Waals surface area contributed by atoms with E-state index in [4.69, 9.17) is 14.8 Å². The Morgan fingerprint density at radius 2 is 1.76 bits per heavy atom. The molecule has 1 aromatic carbocycles. The van der Waals surface area contributed by atoms with Crippen molar-refractivity contribution in [1.29, 1.82) is 0 Å². The van der Waals surface area contributed by atoms with Crippen LogP contribution >= 0.6 is 0 Å². The van der Waals surface area contributed by atoms with E-state index in [9.17, 15) is 4.79 Å². The second kappa shape index (κ2) is 11.8. The first kappa shape index (κ1) is 24.7. The smallest absolute Gasteiger partial charge is 0.227 e. The van der Waals surface area contributed by atoms with Gasteiger partial charge in [0.15, 0.2) is 5.65 Å². The molecule has 2 heterocycles. The number of aromatic nitrogens is 3. The first-order valence-corrected chi connectivity index (χ1v) is 12.4. The molecule has 3 rings (SSSR count). The van der Waals surface area contributed by atoms with E-state index in [1.165, 1.54) is 12.8 Å². The quantitative estimate of drug-likeness (QED) is 0.335. The Morgan fingerprint density at radius 3 is 2.39 bits per heavy atom. The summed E-state index contributed by atoms with van der Waals surface area (Å²) in [7, 11) is 0. The molecule has 0 saturated carbocycles. The van der Waals surface area contributed by atoms with E-state index in [1.54, 1.807) is 0 Å². The molecule has 3 aromatic rings. The Balaban J connectivity index is 2.06. The third-order valence-corrected chi connectivity index (χ3v) is 6.00. The number of benzene rings is 1. The van der Waals surface area contributed by atoms with Crippen molar-refractivity contribution in [1.82, 2.24) is 19.5 Å². The first-order valence-electron chi connectivity index (χ1n) is 12.4. The van der Waals surface area contributed by atoms with Gasteiger partial charge in [0, 0.05) is 35.6 Å². The molecule has 0 radical (unpaired) electrons. The number of aryl methyl sites for hydroxylation is 2. The normalized spacial score (nSPS) is 11.2. The minimum atomic E-state index is 0.106. The molecule has 0 spiro atoms. The molecule has 33 heavy (non-hydrogen) atoms. The van der Waals surface area contributed by atoms with Crippen molar-refractivity contribution in [3.05, 3.63) is 47.3 Å². The Bertz CT molecular complexity index is 1050. The molecule has 0 atom stereocenters. The molecule has 2 aromatic heterocycles. The first-order chi connectivity index (χ1) is 16.0. The number of carbonyl (C=O) groups is 1. The summed E-state index contributed by atoms with van der Waals surface area (Å²) in [6.07, 6.45) is 5.69. The molecule has 6 heteroatoms. The summed E-state index contributed by atoms with van der Waals surface area (Å²) >= 11 is 0. The molecule has 0 unspecified atom stereocenters. The molecule has 0 N–H and O–H groups in total. The SMILES string of the molecule is CCCCCc1cc(C)n2nc(-c3ccc(OCCC)cc3)c(CC(=O)N(CC)CC)c2n1. The van der Waals surface area contributed by atoms with Gasteiger partial charge in [-0.25, -0.2) is 9.50 Å². The van der Waals surface area contributed by atoms with Crippen molar-refractivity contribution >= 4 is 11.6 Å². The molecular weight excluding hydrogens is 412 g/mol. The van der Waals surface area contributed by atoms with Gasteiger partial charge < -0.3 is 9.64 Å². The standard InChI is InChI=1S/C27H38N4O2/c1-6-10-11-12-22-18-20(5)31-27(28-22)24(19-25(32)30(8-3)9-4)26(29-31)21-13-15-23(16-14-21)33-17-7-2/h13-16,18H,6-12,17,19H2,1-5H3. The highest BCUT2D eigenvalue weighted by Gasteiger charge is 2.22. The number of hydrogen-bond acceptors (Lipinski definition) is 4. The average Bonchev–Trinajstić information content (AvgIpc) is 3.18. The van der Waals surface area contributed by atoms with E-state index in [1.807, 2.05) is 47.5 Å². The Hall–Kier alpha value is -2.89. The maximum absolute atomic E-state index is 13.1. The van der Waals surface area contributed by atoms with E-state index < -0.39 is 0 Å². The van der Waals surface area contributed by atoms with Gasteiger partial charge >= 0.3 is 0 Å². The minimum Gasteiger partial charge on any atom is -0.494 e. The van der Waals surface area contributed by atoms with Crippen molar-refractivity contribution in [2.24, 2.45) is 0 Å². The van der Waals surface area contributed by atoms with Crippen LogP contribution in [0.15, 0.2) is 30.3 Å². The predicted octanol–water partition coefficient (Wildman–Crippen LogP) is 5.64. The van der Waals surface area contributed by atoms with Crippen LogP contribution in [-0.2, 0) is 17.6 Å². The molecular formula is C27H38N4O2. The second-order valence-electron chi connectivity index (χ2n) is 8.52. The molecule has 0 aliphatic rings. The minimum absolute atomic E-state index is 0.106. The zero-order valence-corrected chi connectivity index (χ0v) is 20.9. The van der Waals surface area contributed by atoms with Gasteiger partial charge in [0.25, 0.3) is 0 Å². The van der Waals surface area contributed by atoms with E-state index in [-0.39, 0.29) is 5.91 Å². The number of likely N-dealkylation sites (N-methyl/N-ethyl adjacent to an activating group) is 1. The van der Waals surface area contributed by atoms with Crippen LogP contribution in [0.2, 0.25) is 0 Å². The second-order valence-corrected chi connectivity index (χ2v) is 8.52. The average molecular weight is 451 g/mol. The summed E-state index contributed by atoms with van der Waals surface area (Å²) < 4.78 is 7.64. The lowest BCUT2D eigenvalue weighted by molar-refractivity contribution is -0.130. The van der Waals surface area contributed by atoms with E-state index >= 15 is 0 Å². The highest BCUT2D eigenvalue weighted by molar-refractivity contribution is 5.84. The Kier molecular flexibility index (Phi) is 8.87. The monoisotopic (exact) mass is 450 g/mol. The lowest BCUT2D eigenvalue weighted by Gasteiger charge is -2.18. The van der Waals surface area contributed by atoms with E-state index in [2.05, 4.69) is 26.8 Å². The summed E-state index contributed by atoms with van der Waals surface area (Å²) in [5.41, 5.74) is 5.59. The van der Waals surface area contributed by atoms with Crippen LogP contribution in [0.3, 0.4) is 0 Å². The zero-order chi connectivity index (χ0) is 23.8. The lowest BCUT2D eigenvalue weighted by Crippen LogP contribution is -2.31. The maximum Gasteiger partial charge on any atom is 0.227 e. The lowest BCUT2D eigenvalue weighted by atomic mass is 10.0. The highest BCUT2D eigenvalue weighted by atomic mass is 16.5. The number of carbonyl (C=O) groups excluding carboxylic acids is 1. The van der Waals surface area contributed by atoms with Crippen molar-refractivity contribution in [3.8, 4) is 17.0 Å². The Morgan fingerprint density at radius 1 is 1.03 bits per heavy atom. The van der Waals surface area contributed by atoms with Crippen LogP contribution < -0.4 is 4.74 Å². The molecule has 0 aliphatic carbocycles. The highest BCUT2D eigenvalue weighted by Crippen LogP contribution is 2.29. The number of unbranched alkanes of at least 4 members (excludes halogenated alkanes) is 2. The van der Waals surface area contributed by atoms with Crippen molar-refractivity contribution in [2.75, 3.05) is 19.7 Å². The molecule has 0 fully saturated rings. The summed E-state index contributed by atoms with van der Waals surface area (Å²) in [4.78, 5) is 19.9. The third kappa shape index (κ3) is 5.92. The van der Waals surface area contributed by atoms with Gasteiger partial charge in [-0.1, -0.05) is 26.7 Å². The molecule has 0 bridgehead atoms. The van der Waals surface area contributed by atoms with Gasteiger partial charge in [0.2, 0.25) is 5.91 Å². The van der Waals surface area contributed by atoms with Gasteiger partial charge in [0.1, 0.15) is 5.75 Å². The number of hydrogen-bond donors (Lipinski definition) is 0. The number of fused-ring (bicyclic) bond motifs is 1. The summed E-state index contributed by atoms with van der Waals surface area (Å²) in [6.45, 7) is 12.5. The summed E-state index contributed by atoms with van der Waals surface area (Å²) in [5.74, 6) is 0.951. The summed E-state index contributed by atoms with van der Waals surface area (Å²) in [5, 5.41) is 4.92. The van der Waals surface area contributed by atoms with Gasteiger partial charge in [-0.05, 0) is 70.4 Å². The van der Waals surface area contributed by atoms with Gasteiger partial charge in [-0.3, -0.25) is 4.79 Å². The summed E-state index contributed by atoms with van der Waals surface area (Å²) in [6, 6.07) is 10.1. The third-order valence-electron chi connectivity index (χ3n) is 6.00. The number of ether oxygens (including phenoxy) is 1. The number of rotatable bonds is 12. The fraction of sp³-hybridized carbons (Fsp3) is 0.519. The van der Waals surface area contributed by atoms with E-state index in [0.29, 0.717) is 26.1 Å². The van der Waals surface area contributed by atoms with Crippen LogP contribution in [0.25, 0.3) is 16.9 Å². The topological polar surface area (TPSA) is 59.7 Å². The van der Waals surface area contributed by atoms with E-state index in [0.717, 1.165) is 58.9 Å². The Labute approximate surface area is 198 Å². The number of amides is 1. The molecule has 178 valence electrons. The van der Waals surface area contributed by atoms with Crippen molar-refractivity contribution in [3.63, 3.8) is 0 Å². The van der Waals surface area contributed by atoms with Crippen LogP contribution in [0, 0.1) is 6.92 Å². The maximum atomic E-state index is 13.1. The fourth-order valence-electron chi connectivity index (χ4n) is 4.12. The van der Waals surface area contributed by atoms with Crippen LogP contribution in [0.4, 0.5) is 0 Å². The fourth-order valence-corrected chi connectivity index (χ4v) is 4.12. The molecule has 6 nitrogen and oxygen atoms in total. The molecule has 0 saturated heterocycles. The van der Waals surface area contributed by atoms with Crippen molar-refractivity contribution < 1.29 is 9.53 Å². The number of nitrogens with zero attached hydrogens (tertiary/aromatic N) is 4. The van der Waals surface area contributed by atoms with Gasteiger partial charge in [-0.2, -0.15) is 5.10 Å². The van der Waals surface area contributed by atoms with Crippen molar-refractivity contribution in [2.45, 2.75) is 73.1 Å². The van der Waals surface area contributed by atoms with Crippen LogP contribution in [0.5, 0.6) is 5.75 Å². The van der Waals surface area contributed by atoms with Gasteiger partial charge in [-0.15, -0.1) is 0 Å².